The lowest BCUT2D eigenvalue weighted by atomic mass is 9.93. The van der Waals surface area contributed by atoms with Crippen LogP contribution in [0.25, 0.3) is 0 Å². The quantitative estimate of drug-likeness (QED) is 0.759. The molecule has 2 rings (SSSR count). The van der Waals surface area contributed by atoms with Crippen molar-refractivity contribution in [2.75, 3.05) is 13.2 Å². The van der Waals surface area contributed by atoms with Gasteiger partial charge < -0.3 is 10.2 Å². The second-order valence-corrected chi connectivity index (χ2v) is 6.59. The average Bonchev–Trinajstić information content (AvgIpc) is 2.87. The van der Waals surface area contributed by atoms with E-state index in [1.165, 1.54) is 19.3 Å². The lowest BCUT2D eigenvalue weighted by Crippen LogP contribution is -2.16. The highest BCUT2D eigenvalue weighted by molar-refractivity contribution is 9.09. The molecule has 2 N–H and O–H groups in total. The fraction of sp³-hybridized carbons (Fsp3) is 1.00. The van der Waals surface area contributed by atoms with Crippen molar-refractivity contribution in [1.29, 1.82) is 0 Å². The summed E-state index contributed by atoms with van der Waals surface area (Å²) in [5.41, 5.74) is -0.128. The second kappa shape index (κ2) is 4.34. The molecule has 0 aromatic rings. The molecule has 0 bridgehead atoms. The zero-order valence-electron chi connectivity index (χ0n) is 9.32. The monoisotopic (exact) mass is 276 g/mol. The van der Waals surface area contributed by atoms with Gasteiger partial charge in [-0.3, -0.25) is 0 Å². The highest BCUT2D eigenvalue weighted by atomic mass is 79.9. The predicted molar refractivity (Wildman–Crippen MR) is 63.9 cm³/mol. The van der Waals surface area contributed by atoms with Crippen molar-refractivity contribution < 1.29 is 10.2 Å². The number of hydrogen-bond donors (Lipinski definition) is 2. The summed E-state index contributed by atoms with van der Waals surface area (Å²) in [7, 11) is 0. The van der Waals surface area contributed by atoms with Crippen LogP contribution in [0, 0.1) is 23.2 Å². The van der Waals surface area contributed by atoms with Gasteiger partial charge in [-0.25, -0.2) is 0 Å². The van der Waals surface area contributed by atoms with E-state index in [-0.39, 0.29) is 18.6 Å². The summed E-state index contributed by atoms with van der Waals surface area (Å²) in [6.45, 7) is 2.63. The first-order valence-electron chi connectivity index (χ1n) is 6.01. The summed E-state index contributed by atoms with van der Waals surface area (Å²) in [6, 6.07) is 0. The van der Waals surface area contributed by atoms with Crippen LogP contribution in [-0.2, 0) is 0 Å². The molecule has 0 spiro atoms. The Bertz CT molecular complexity index is 208. The molecule has 4 atom stereocenters. The van der Waals surface area contributed by atoms with Crippen LogP contribution in [0.15, 0.2) is 0 Å². The van der Waals surface area contributed by atoms with Crippen molar-refractivity contribution >= 4 is 15.9 Å². The minimum absolute atomic E-state index is 0.128. The molecule has 0 heterocycles. The van der Waals surface area contributed by atoms with Gasteiger partial charge in [0.2, 0.25) is 0 Å². The molecule has 0 aromatic heterocycles. The van der Waals surface area contributed by atoms with Crippen molar-refractivity contribution in [1.82, 2.24) is 0 Å². The van der Waals surface area contributed by atoms with E-state index in [4.69, 9.17) is 0 Å². The highest BCUT2D eigenvalue weighted by Gasteiger charge is 2.62. The number of halogens is 1. The van der Waals surface area contributed by atoms with E-state index < -0.39 is 0 Å². The highest BCUT2D eigenvalue weighted by Crippen LogP contribution is 2.63. The first kappa shape index (κ1) is 11.9. The molecular weight excluding hydrogens is 256 g/mol. The third kappa shape index (κ3) is 1.87. The van der Waals surface area contributed by atoms with Crippen LogP contribution in [0.4, 0.5) is 0 Å². The van der Waals surface area contributed by atoms with E-state index in [0.29, 0.717) is 16.7 Å². The SMILES string of the molecule is C[C@H]1CC[C@@H]2[C@H](CC[C@@H]1Br)C2(CO)CO. The van der Waals surface area contributed by atoms with Gasteiger partial charge in [0.25, 0.3) is 0 Å². The number of aliphatic hydroxyl groups is 2. The van der Waals surface area contributed by atoms with Crippen LogP contribution >= 0.6 is 15.9 Å². The van der Waals surface area contributed by atoms with Gasteiger partial charge in [-0.15, -0.1) is 0 Å². The molecule has 2 nitrogen and oxygen atoms in total. The zero-order valence-corrected chi connectivity index (χ0v) is 10.9. The molecule has 0 radical (unpaired) electrons. The zero-order chi connectivity index (χ0) is 11.1. The molecule has 3 heteroatoms. The smallest absolute Gasteiger partial charge is 0.0514 e. The van der Waals surface area contributed by atoms with E-state index >= 15 is 0 Å². The Balaban J connectivity index is 2.03. The minimum atomic E-state index is -0.128. The largest absolute Gasteiger partial charge is 0.396 e. The Labute approximate surface area is 100 Å². The normalized spacial score (nSPS) is 44.0. The van der Waals surface area contributed by atoms with Crippen LogP contribution in [0.5, 0.6) is 0 Å². The Morgan fingerprint density at radius 2 is 1.60 bits per heavy atom. The fourth-order valence-corrected chi connectivity index (χ4v) is 3.94. The maximum Gasteiger partial charge on any atom is 0.0514 e. The fourth-order valence-electron chi connectivity index (χ4n) is 3.41. The van der Waals surface area contributed by atoms with Crippen molar-refractivity contribution in [2.24, 2.45) is 23.2 Å². The van der Waals surface area contributed by atoms with Gasteiger partial charge in [0.05, 0.1) is 13.2 Å². The molecule has 2 fully saturated rings. The summed E-state index contributed by atoms with van der Waals surface area (Å²) in [4.78, 5) is 0.620. The van der Waals surface area contributed by atoms with Gasteiger partial charge in [-0.05, 0) is 43.4 Å². The lowest BCUT2D eigenvalue weighted by Gasteiger charge is -2.20. The molecule has 0 unspecified atom stereocenters. The molecule has 0 amide bonds. The van der Waals surface area contributed by atoms with Crippen molar-refractivity contribution in [3.8, 4) is 0 Å². The topological polar surface area (TPSA) is 40.5 Å². The van der Waals surface area contributed by atoms with Gasteiger partial charge in [0.1, 0.15) is 0 Å². The van der Waals surface area contributed by atoms with Crippen LogP contribution in [0.1, 0.15) is 32.6 Å². The summed E-state index contributed by atoms with van der Waals surface area (Å²) in [5.74, 6) is 1.87. The summed E-state index contributed by atoms with van der Waals surface area (Å²) in [5, 5.41) is 18.9. The van der Waals surface area contributed by atoms with Crippen LogP contribution in [0.3, 0.4) is 0 Å². The van der Waals surface area contributed by atoms with Gasteiger partial charge in [0.15, 0.2) is 0 Å². The standard InChI is InChI=1S/C12H21BrO2/c1-8-2-3-9-10(4-5-11(8)13)12(9,6-14)7-15/h8-11,14-15H,2-7H2,1H3/t8-,9+,10-,11-/m0/s1. The first-order valence-corrected chi connectivity index (χ1v) is 6.93. The van der Waals surface area contributed by atoms with Crippen molar-refractivity contribution in [3.05, 3.63) is 0 Å². The van der Waals surface area contributed by atoms with E-state index in [1.807, 2.05) is 0 Å². The van der Waals surface area contributed by atoms with Gasteiger partial charge >= 0.3 is 0 Å². The van der Waals surface area contributed by atoms with E-state index in [0.717, 1.165) is 12.3 Å². The third-order valence-electron chi connectivity index (χ3n) is 4.75. The Morgan fingerprint density at radius 3 is 2.13 bits per heavy atom. The molecule has 2 saturated carbocycles. The van der Waals surface area contributed by atoms with E-state index in [1.54, 1.807) is 0 Å². The third-order valence-corrected chi connectivity index (χ3v) is 6.11. The second-order valence-electron chi connectivity index (χ2n) is 5.41. The van der Waals surface area contributed by atoms with Gasteiger partial charge in [-0.1, -0.05) is 22.9 Å². The predicted octanol–water partition coefficient (Wildman–Crippen LogP) is 2.18. The van der Waals surface area contributed by atoms with Crippen LogP contribution in [0.2, 0.25) is 0 Å². The molecule has 15 heavy (non-hydrogen) atoms. The molecule has 0 aromatic carbocycles. The maximum atomic E-state index is 9.43. The first-order chi connectivity index (χ1) is 7.15. The van der Waals surface area contributed by atoms with Crippen molar-refractivity contribution in [2.45, 2.75) is 37.4 Å². The van der Waals surface area contributed by atoms with Crippen LogP contribution < -0.4 is 0 Å². The van der Waals surface area contributed by atoms with E-state index in [2.05, 4.69) is 22.9 Å². The number of hydrogen-bond acceptors (Lipinski definition) is 2. The molecule has 2 aliphatic rings. The lowest BCUT2D eigenvalue weighted by molar-refractivity contribution is 0.111. The molecule has 0 saturated heterocycles. The molecule has 88 valence electrons. The average molecular weight is 277 g/mol. The van der Waals surface area contributed by atoms with E-state index in [9.17, 15) is 10.2 Å². The number of fused-ring (bicyclic) bond motifs is 1. The summed E-state index contributed by atoms with van der Waals surface area (Å²) in [6.07, 6.45) is 4.74. The number of aliphatic hydroxyl groups excluding tert-OH is 2. The Morgan fingerprint density at radius 1 is 1.07 bits per heavy atom. The number of alkyl halides is 1. The maximum absolute atomic E-state index is 9.43. The minimum Gasteiger partial charge on any atom is -0.396 e. The van der Waals surface area contributed by atoms with Gasteiger partial charge in [0, 0.05) is 10.2 Å². The molecule has 2 aliphatic carbocycles. The van der Waals surface area contributed by atoms with Crippen LogP contribution in [-0.4, -0.2) is 28.3 Å². The number of rotatable bonds is 2. The Hall–Kier alpha value is 0.400. The summed E-state index contributed by atoms with van der Waals surface area (Å²) < 4.78 is 0. The molecular formula is C12H21BrO2. The summed E-state index contributed by atoms with van der Waals surface area (Å²) >= 11 is 3.74. The molecule has 0 aliphatic heterocycles. The Kier molecular flexibility index (Phi) is 3.44. The van der Waals surface area contributed by atoms with Crippen molar-refractivity contribution in [3.63, 3.8) is 0 Å². The van der Waals surface area contributed by atoms with Gasteiger partial charge in [-0.2, -0.15) is 0 Å².